The van der Waals surface area contributed by atoms with Gasteiger partial charge in [-0.2, -0.15) is 0 Å². The van der Waals surface area contributed by atoms with E-state index in [1.807, 2.05) is 19.1 Å². The Labute approximate surface area is 157 Å². The van der Waals surface area contributed by atoms with Gasteiger partial charge in [0.05, 0.1) is 0 Å². The normalized spacial score (nSPS) is 26.4. The highest BCUT2D eigenvalue weighted by molar-refractivity contribution is 5.93. The van der Waals surface area contributed by atoms with Crippen LogP contribution in [0, 0.1) is 31.6 Å². The molecule has 1 N–H and O–H groups in total. The number of nitrogens with zero attached hydrogens (tertiary/aromatic N) is 1. The molecule has 2 fully saturated rings. The molecular weight excluding hydrogens is 324 g/mol. The molecule has 1 aromatic carbocycles. The van der Waals surface area contributed by atoms with Gasteiger partial charge in [0.2, 0.25) is 11.8 Å². The minimum atomic E-state index is 0.0278. The molecule has 1 heterocycles. The van der Waals surface area contributed by atoms with Crippen LogP contribution in [0.1, 0.15) is 56.6 Å². The van der Waals surface area contributed by atoms with Crippen LogP contribution in [0.4, 0.5) is 5.69 Å². The van der Waals surface area contributed by atoms with Crippen molar-refractivity contribution in [2.24, 2.45) is 17.8 Å². The zero-order valence-corrected chi connectivity index (χ0v) is 16.4. The number of aryl methyl sites for hydroxylation is 2. The van der Waals surface area contributed by atoms with Crippen LogP contribution in [-0.2, 0) is 9.59 Å². The summed E-state index contributed by atoms with van der Waals surface area (Å²) < 4.78 is 0. The highest BCUT2D eigenvalue weighted by atomic mass is 16.2. The van der Waals surface area contributed by atoms with E-state index >= 15 is 0 Å². The average molecular weight is 357 g/mol. The summed E-state index contributed by atoms with van der Waals surface area (Å²) in [6.45, 7) is 8.13. The molecule has 1 aromatic rings. The van der Waals surface area contributed by atoms with Gasteiger partial charge >= 0.3 is 0 Å². The Morgan fingerprint density at radius 2 is 1.73 bits per heavy atom. The van der Waals surface area contributed by atoms with Crippen LogP contribution in [0.15, 0.2) is 18.2 Å². The summed E-state index contributed by atoms with van der Waals surface area (Å²) in [5.74, 6) is 1.19. The Bertz CT molecular complexity index is 662. The van der Waals surface area contributed by atoms with Crippen LogP contribution in [0.5, 0.6) is 0 Å². The molecule has 1 atom stereocenters. The van der Waals surface area contributed by atoms with E-state index in [0.29, 0.717) is 11.8 Å². The summed E-state index contributed by atoms with van der Waals surface area (Å²) in [5.41, 5.74) is 3.20. The van der Waals surface area contributed by atoms with Crippen LogP contribution in [-0.4, -0.2) is 29.8 Å². The fraction of sp³-hybridized carbons (Fsp3) is 0.636. The lowest BCUT2D eigenvalue weighted by molar-refractivity contribution is -0.139. The Morgan fingerprint density at radius 1 is 1.04 bits per heavy atom. The number of likely N-dealkylation sites (tertiary alicyclic amines) is 1. The van der Waals surface area contributed by atoms with Gasteiger partial charge in [-0.15, -0.1) is 0 Å². The molecule has 4 heteroatoms. The van der Waals surface area contributed by atoms with Crippen molar-refractivity contribution in [1.82, 2.24) is 4.90 Å². The number of amides is 2. The minimum absolute atomic E-state index is 0.0278. The molecule has 1 unspecified atom stereocenters. The molecule has 1 aliphatic heterocycles. The lowest BCUT2D eigenvalue weighted by Gasteiger charge is -2.35. The minimum Gasteiger partial charge on any atom is -0.342 e. The second-order valence-electron chi connectivity index (χ2n) is 8.39. The second-order valence-corrected chi connectivity index (χ2v) is 8.39. The molecule has 0 aromatic heterocycles. The van der Waals surface area contributed by atoms with Crippen molar-refractivity contribution in [3.8, 4) is 0 Å². The molecule has 4 nitrogen and oxygen atoms in total. The van der Waals surface area contributed by atoms with Crippen LogP contribution in [0.25, 0.3) is 0 Å². The first kappa shape index (κ1) is 18.9. The topological polar surface area (TPSA) is 49.4 Å². The fourth-order valence-electron chi connectivity index (χ4n) is 4.44. The van der Waals surface area contributed by atoms with Crippen LogP contribution in [0.2, 0.25) is 0 Å². The van der Waals surface area contributed by atoms with Crippen molar-refractivity contribution in [3.63, 3.8) is 0 Å². The van der Waals surface area contributed by atoms with Crippen LogP contribution in [0.3, 0.4) is 0 Å². The number of piperidine rings is 1. The predicted molar refractivity (Wildman–Crippen MR) is 105 cm³/mol. The first-order valence-corrected chi connectivity index (χ1v) is 10.1. The van der Waals surface area contributed by atoms with Crippen molar-refractivity contribution >= 4 is 17.5 Å². The van der Waals surface area contributed by atoms with E-state index in [4.69, 9.17) is 0 Å². The van der Waals surface area contributed by atoms with E-state index in [1.165, 1.54) is 12.0 Å². The van der Waals surface area contributed by atoms with Gasteiger partial charge in [-0.05, 0) is 69.9 Å². The standard InChI is InChI=1S/C22H32N2O2/c1-15-6-11-20(17(3)13-15)23-21(25)18-7-9-19(10-8-18)22(26)24-12-4-5-16(2)14-24/h6,11,13,16,18-19H,4-5,7-10,12,14H2,1-3H3,(H,23,25). The number of carbonyl (C=O) groups excluding carboxylic acids is 2. The van der Waals surface area contributed by atoms with Gasteiger partial charge in [-0.1, -0.05) is 24.6 Å². The monoisotopic (exact) mass is 356 g/mol. The lowest BCUT2D eigenvalue weighted by Crippen LogP contribution is -2.43. The summed E-state index contributed by atoms with van der Waals surface area (Å²) in [6.07, 6.45) is 5.67. The van der Waals surface area contributed by atoms with Crippen LogP contribution >= 0.6 is 0 Å². The summed E-state index contributed by atoms with van der Waals surface area (Å²) in [6, 6.07) is 6.10. The van der Waals surface area contributed by atoms with E-state index in [2.05, 4.69) is 30.1 Å². The number of hydrogen-bond acceptors (Lipinski definition) is 2. The van der Waals surface area contributed by atoms with Crippen molar-refractivity contribution in [1.29, 1.82) is 0 Å². The van der Waals surface area contributed by atoms with E-state index in [9.17, 15) is 9.59 Å². The third-order valence-electron chi connectivity index (χ3n) is 6.06. The van der Waals surface area contributed by atoms with E-state index < -0.39 is 0 Å². The molecule has 1 saturated carbocycles. The average Bonchev–Trinajstić information content (AvgIpc) is 2.63. The molecule has 142 valence electrons. The van der Waals surface area contributed by atoms with Gasteiger partial charge in [-0.25, -0.2) is 0 Å². The van der Waals surface area contributed by atoms with Gasteiger partial charge in [0.1, 0.15) is 0 Å². The Balaban J connectivity index is 1.51. The summed E-state index contributed by atoms with van der Waals surface area (Å²) >= 11 is 0. The number of hydrogen-bond donors (Lipinski definition) is 1. The fourth-order valence-corrected chi connectivity index (χ4v) is 4.44. The maximum Gasteiger partial charge on any atom is 0.227 e. The summed E-state index contributed by atoms with van der Waals surface area (Å²) in [4.78, 5) is 27.5. The number of nitrogens with one attached hydrogen (secondary N) is 1. The second kappa shape index (κ2) is 8.24. The highest BCUT2D eigenvalue weighted by Crippen LogP contribution is 2.32. The first-order chi connectivity index (χ1) is 12.4. The molecule has 1 saturated heterocycles. The molecule has 26 heavy (non-hydrogen) atoms. The molecule has 1 aliphatic carbocycles. The van der Waals surface area contributed by atoms with Crippen molar-refractivity contribution in [2.75, 3.05) is 18.4 Å². The van der Waals surface area contributed by atoms with Gasteiger partial charge in [0, 0.05) is 30.6 Å². The molecular formula is C22H32N2O2. The first-order valence-electron chi connectivity index (χ1n) is 10.1. The smallest absolute Gasteiger partial charge is 0.227 e. The molecule has 0 radical (unpaired) electrons. The van der Waals surface area contributed by atoms with Gasteiger partial charge in [0.25, 0.3) is 0 Å². The molecule has 3 rings (SSSR count). The van der Waals surface area contributed by atoms with E-state index in [-0.39, 0.29) is 17.7 Å². The SMILES string of the molecule is Cc1ccc(NC(=O)C2CCC(C(=O)N3CCCC(C)C3)CC2)c(C)c1. The molecule has 0 spiro atoms. The number of benzene rings is 1. The van der Waals surface area contributed by atoms with Gasteiger partial charge < -0.3 is 10.2 Å². The predicted octanol–water partition coefficient (Wildman–Crippen LogP) is 4.31. The summed E-state index contributed by atoms with van der Waals surface area (Å²) in [7, 11) is 0. The van der Waals surface area contributed by atoms with Gasteiger partial charge in [0.15, 0.2) is 0 Å². The van der Waals surface area contributed by atoms with Crippen molar-refractivity contribution < 1.29 is 9.59 Å². The number of anilines is 1. The van der Waals surface area contributed by atoms with Gasteiger partial charge in [-0.3, -0.25) is 9.59 Å². The zero-order valence-electron chi connectivity index (χ0n) is 16.4. The molecule has 2 aliphatic rings. The van der Waals surface area contributed by atoms with Crippen LogP contribution < -0.4 is 5.32 Å². The maximum absolute atomic E-state index is 12.8. The largest absolute Gasteiger partial charge is 0.342 e. The third kappa shape index (κ3) is 4.46. The summed E-state index contributed by atoms with van der Waals surface area (Å²) in [5, 5.41) is 3.09. The van der Waals surface area contributed by atoms with E-state index in [1.54, 1.807) is 0 Å². The lowest BCUT2D eigenvalue weighted by atomic mass is 9.80. The Morgan fingerprint density at radius 3 is 2.38 bits per heavy atom. The van der Waals surface area contributed by atoms with Crippen molar-refractivity contribution in [2.45, 2.75) is 59.3 Å². The van der Waals surface area contributed by atoms with E-state index in [0.717, 1.165) is 56.4 Å². The highest BCUT2D eigenvalue weighted by Gasteiger charge is 2.33. The third-order valence-corrected chi connectivity index (χ3v) is 6.06. The quantitative estimate of drug-likeness (QED) is 0.877. The maximum atomic E-state index is 12.8. The molecule has 2 amide bonds. The Kier molecular flexibility index (Phi) is 6.00. The number of carbonyl (C=O) groups is 2. The van der Waals surface area contributed by atoms with Crippen molar-refractivity contribution in [3.05, 3.63) is 29.3 Å². The number of rotatable bonds is 3. The molecule has 0 bridgehead atoms. The Hall–Kier alpha value is -1.84. The zero-order chi connectivity index (χ0) is 18.7.